The van der Waals surface area contributed by atoms with E-state index < -0.39 is 0 Å². The van der Waals surface area contributed by atoms with Crippen LogP contribution >= 0.6 is 11.3 Å². The van der Waals surface area contributed by atoms with Gasteiger partial charge in [0.15, 0.2) is 0 Å². The fraction of sp³-hybridized carbons (Fsp3) is 0.462. The summed E-state index contributed by atoms with van der Waals surface area (Å²) in [5.74, 6) is 0. The Balaban J connectivity index is 1.79. The SMILES string of the molecule is Cc1ccc(CC(C)NCc2cnn(C)c2)s1. The Hall–Kier alpha value is -1.13. The first-order chi connectivity index (χ1) is 8.13. The Morgan fingerprint density at radius 1 is 1.47 bits per heavy atom. The van der Waals surface area contributed by atoms with Crippen LogP contribution in [0, 0.1) is 6.92 Å². The Bertz CT molecular complexity index is 472. The third-order valence-corrected chi connectivity index (χ3v) is 3.74. The van der Waals surface area contributed by atoms with Crippen LogP contribution in [-0.4, -0.2) is 15.8 Å². The average Bonchev–Trinajstić information content (AvgIpc) is 2.85. The lowest BCUT2D eigenvalue weighted by atomic mass is 10.2. The molecule has 0 aliphatic heterocycles. The van der Waals surface area contributed by atoms with Gasteiger partial charge in [0.2, 0.25) is 0 Å². The van der Waals surface area contributed by atoms with Crippen LogP contribution in [0.4, 0.5) is 0 Å². The van der Waals surface area contributed by atoms with Gasteiger partial charge in [-0.15, -0.1) is 11.3 Å². The Kier molecular flexibility index (Phi) is 3.97. The van der Waals surface area contributed by atoms with Crippen molar-refractivity contribution in [3.8, 4) is 0 Å². The zero-order chi connectivity index (χ0) is 12.3. The first-order valence-corrected chi connectivity index (χ1v) is 6.71. The summed E-state index contributed by atoms with van der Waals surface area (Å²) in [5.41, 5.74) is 1.24. The number of nitrogens with one attached hydrogen (secondary N) is 1. The summed E-state index contributed by atoms with van der Waals surface area (Å²) in [6.45, 7) is 5.27. The summed E-state index contributed by atoms with van der Waals surface area (Å²) in [6, 6.07) is 4.91. The molecule has 17 heavy (non-hydrogen) atoms. The number of hydrogen-bond acceptors (Lipinski definition) is 3. The monoisotopic (exact) mass is 249 g/mol. The molecule has 0 saturated carbocycles. The van der Waals surface area contributed by atoms with Crippen molar-refractivity contribution in [1.29, 1.82) is 0 Å². The first-order valence-electron chi connectivity index (χ1n) is 5.89. The second-order valence-corrected chi connectivity index (χ2v) is 5.89. The molecule has 2 aromatic heterocycles. The van der Waals surface area contributed by atoms with Crippen molar-refractivity contribution in [3.05, 3.63) is 39.8 Å². The molecule has 4 heteroatoms. The summed E-state index contributed by atoms with van der Waals surface area (Å²) >= 11 is 1.89. The Morgan fingerprint density at radius 2 is 2.29 bits per heavy atom. The van der Waals surface area contributed by atoms with Gasteiger partial charge in [-0.3, -0.25) is 4.68 Å². The Morgan fingerprint density at radius 3 is 2.88 bits per heavy atom. The molecule has 0 aromatic carbocycles. The molecular formula is C13H19N3S. The van der Waals surface area contributed by atoms with Crippen molar-refractivity contribution in [2.75, 3.05) is 0 Å². The number of thiophene rings is 1. The van der Waals surface area contributed by atoms with Crippen LogP contribution in [0.1, 0.15) is 22.2 Å². The molecule has 0 bridgehead atoms. The highest BCUT2D eigenvalue weighted by Crippen LogP contribution is 2.16. The van der Waals surface area contributed by atoms with E-state index in [4.69, 9.17) is 0 Å². The van der Waals surface area contributed by atoms with Crippen molar-refractivity contribution in [2.45, 2.75) is 32.9 Å². The summed E-state index contributed by atoms with van der Waals surface area (Å²) in [4.78, 5) is 2.84. The number of aromatic nitrogens is 2. The van der Waals surface area contributed by atoms with Crippen molar-refractivity contribution < 1.29 is 0 Å². The molecule has 0 aliphatic carbocycles. The van der Waals surface area contributed by atoms with Gasteiger partial charge in [0.1, 0.15) is 0 Å². The molecule has 2 rings (SSSR count). The van der Waals surface area contributed by atoms with E-state index in [9.17, 15) is 0 Å². The largest absolute Gasteiger partial charge is 0.310 e. The standard InChI is InChI=1S/C13H19N3S/c1-10(6-13-5-4-11(2)17-13)14-7-12-8-15-16(3)9-12/h4-5,8-10,14H,6-7H2,1-3H3. The van der Waals surface area contributed by atoms with Gasteiger partial charge < -0.3 is 5.32 Å². The van der Waals surface area contributed by atoms with E-state index in [1.165, 1.54) is 15.3 Å². The molecule has 1 unspecified atom stereocenters. The van der Waals surface area contributed by atoms with Crippen LogP contribution < -0.4 is 5.32 Å². The van der Waals surface area contributed by atoms with Crippen LogP contribution in [0.3, 0.4) is 0 Å². The number of hydrogen-bond donors (Lipinski definition) is 1. The number of aryl methyl sites for hydroxylation is 2. The highest BCUT2D eigenvalue weighted by atomic mass is 32.1. The molecule has 0 saturated heterocycles. The second-order valence-electron chi connectivity index (χ2n) is 4.52. The van der Waals surface area contributed by atoms with E-state index in [2.05, 4.69) is 42.6 Å². The maximum atomic E-state index is 4.16. The quantitative estimate of drug-likeness (QED) is 0.882. The highest BCUT2D eigenvalue weighted by Gasteiger charge is 2.05. The summed E-state index contributed by atoms with van der Waals surface area (Å²) in [6.07, 6.45) is 5.06. The number of rotatable bonds is 5. The fourth-order valence-electron chi connectivity index (χ4n) is 1.82. The molecule has 2 aromatic rings. The molecule has 0 aliphatic rings. The molecule has 0 fully saturated rings. The summed E-state index contributed by atoms with van der Waals surface area (Å²) in [5, 5.41) is 7.68. The van der Waals surface area contributed by atoms with E-state index >= 15 is 0 Å². The first kappa shape index (κ1) is 12.3. The van der Waals surface area contributed by atoms with Crippen LogP contribution in [0.5, 0.6) is 0 Å². The maximum absolute atomic E-state index is 4.16. The zero-order valence-corrected chi connectivity index (χ0v) is 11.4. The zero-order valence-electron chi connectivity index (χ0n) is 10.6. The summed E-state index contributed by atoms with van der Waals surface area (Å²) < 4.78 is 1.84. The van der Waals surface area contributed by atoms with Crippen LogP contribution in [0.2, 0.25) is 0 Å². The normalized spacial score (nSPS) is 12.9. The van der Waals surface area contributed by atoms with Gasteiger partial charge in [-0.25, -0.2) is 0 Å². The minimum Gasteiger partial charge on any atom is -0.310 e. The lowest BCUT2D eigenvalue weighted by Crippen LogP contribution is -2.27. The lowest BCUT2D eigenvalue weighted by molar-refractivity contribution is 0.548. The number of nitrogens with zero attached hydrogens (tertiary/aromatic N) is 2. The van der Waals surface area contributed by atoms with Crippen molar-refractivity contribution in [2.24, 2.45) is 7.05 Å². The molecule has 2 heterocycles. The molecule has 1 N–H and O–H groups in total. The van der Waals surface area contributed by atoms with Crippen molar-refractivity contribution in [3.63, 3.8) is 0 Å². The minimum atomic E-state index is 0.494. The van der Waals surface area contributed by atoms with Crippen LogP contribution in [-0.2, 0) is 20.0 Å². The van der Waals surface area contributed by atoms with Crippen LogP contribution in [0.15, 0.2) is 24.5 Å². The van der Waals surface area contributed by atoms with Gasteiger partial charge >= 0.3 is 0 Å². The molecule has 3 nitrogen and oxygen atoms in total. The van der Waals surface area contributed by atoms with Gasteiger partial charge in [-0.2, -0.15) is 5.10 Å². The van der Waals surface area contributed by atoms with Gasteiger partial charge in [-0.1, -0.05) is 0 Å². The second kappa shape index (κ2) is 5.47. The molecule has 1 atom stereocenters. The van der Waals surface area contributed by atoms with E-state index in [-0.39, 0.29) is 0 Å². The van der Waals surface area contributed by atoms with E-state index in [1.807, 2.05) is 29.3 Å². The molecule has 0 spiro atoms. The predicted octanol–water partition coefficient (Wildman–Crippen LogP) is 2.51. The smallest absolute Gasteiger partial charge is 0.0534 e. The molecule has 92 valence electrons. The molecule has 0 amide bonds. The van der Waals surface area contributed by atoms with Crippen LogP contribution in [0.25, 0.3) is 0 Å². The van der Waals surface area contributed by atoms with Gasteiger partial charge in [0, 0.05) is 41.1 Å². The lowest BCUT2D eigenvalue weighted by Gasteiger charge is -2.11. The maximum Gasteiger partial charge on any atom is 0.0534 e. The highest BCUT2D eigenvalue weighted by molar-refractivity contribution is 7.11. The van der Waals surface area contributed by atoms with Gasteiger partial charge in [0.05, 0.1) is 6.20 Å². The molecular weight excluding hydrogens is 230 g/mol. The van der Waals surface area contributed by atoms with Gasteiger partial charge in [0.25, 0.3) is 0 Å². The van der Waals surface area contributed by atoms with Crippen molar-refractivity contribution >= 4 is 11.3 Å². The summed E-state index contributed by atoms with van der Waals surface area (Å²) in [7, 11) is 1.95. The van der Waals surface area contributed by atoms with Crippen molar-refractivity contribution in [1.82, 2.24) is 15.1 Å². The topological polar surface area (TPSA) is 29.9 Å². The third kappa shape index (κ3) is 3.68. The van der Waals surface area contributed by atoms with E-state index in [1.54, 1.807) is 0 Å². The van der Waals surface area contributed by atoms with Gasteiger partial charge in [-0.05, 0) is 32.4 Å². The average molecular weight is 249 g/mol. The fourth-order valence-corrected chi connectivity index (χ4v) is 2.84. The molecule has 0 radical (unpaired) electrons. The Labute approximate surface area is 106 Å². The minimum absolute atomic E-state index is 0.494. The third-order valence-electron chi connectivity index (χ3n) is 2.72. The van der Waals surface area contributed by atoms with E-state index in [0.717, 1.165) is 13.0 Å². The van der Waals surface area contributed by atoms with E-state index in [0.29, 0.717) is 6.04 Å². The predicted molar refractivity (Wildman–Crippen MR) is 72.3 cm³/mol.